The molecule has 2 N–H and O–H groups in total. The summed E-state index contributed by atoms with van der Waals surface area (Å²) in [5.74, 6) is 2.33. The molecule has 1 aliphatic heterocycles. The third kappa shape index (κ3) is 4.64. The minimum absolute atomic E-state index is 0.292. The first-order chi connectivity index (χ1) is 12.7. The zero-order valence-corrected chi connectivity index (χ0v) is 15.6. The molecule has 7 heteroatoms. The number of fused-ring (bicyclic) bond motifs is 1. The smallest absolute Gasteiger partial charge is 0.231 e. The lowest BCUT2D eigenvalue weighted by atomic mass is 10.1. The van der Waals surface area contributed by atoms with Gasteiger partial charge in [-0.2, -0.15) is 5.10 Å². The molecule has 0 aromatic heterocycles. The first-order valence-electron chi connectivity index (χ1n) is 8.27. The van der Waals surface area contributed by atoms with Gasteiger partial charge in [-0.15, -0.1) is 0 Å². The molecule has 26 heavy (non-hydrogen) atoms. The second-order valence-electron chi connectivity index (χ2n) is 5.80. The molecule has 0 fully saturated rings. The molecular formula is C19H21N3O3S. The number of thiocarbonyl (C=S) groups is 1. The lowest BCUT2D eigenvalue weighted by Crippen LogP contribution is -2.25. The normalized spacial score (nSPS) is 12.6. The van der Waals surface area contributed by atoms with Crippen LogP contribution in [0.3, 0.4) is 0 Å². The van der Waals surface area contributed by atoms with Crippen LogP contribution in [0, 0.1) is 0 Å². The van der Waals surface area contributed by atoms with Gasteiger partial charge in [0.1, 0.15) is 5.75 Å². The average molecular weight is 371 g/mol. The standard InChI is InChI=1S/C19H21N3O3S/c1-13(7-8-14-9-10-17-18(11-14)25-12-24-17)21-22-19(26)20-15-5-3-4-6-16(15)23-2/h3-6,9-11H,7-8,12H2,1-2H3,(H2,20,22,26)/b21-13+. The van der Waals surface area contributed by atoms with Gasteiger partial charge in [0.2, 0.25) is 6.79 Å². The number of hydrogen-bond acceptors (Lipinski definition) is 5. The van der Waals surface area contributed by atoms with Crippen LogP contribution >= 0.6 is 12.2 Å². The predicted octanol–water partition coefficient (Wildman–Crippen LogP) is 3.72. The summed E-state index contributed by atoms with van der Waals surface area (Å²) >= 11 is 5.28. The van der Waals surface area contributed by atoms with Gasteiger partial charge in [0.05, 0.1) is 12.8 Å². The van der Waals surface area contributed by atoms with E-state index in [0.717, 1.165) is 41.5 Å². The number of para-hydroxylation sites is 2. The summed E-state index contributed by atoms with van der Waals surface area (Å²) in [6.45, 7) is 2.26. The molecule has 0 aliphatic carbocycles. The molecule has 0 saturated heterocycles. The molecule has 0 spiro atoms. The summed E-state index contributed by atoms with van der Waals surface area (Å²) in [7, 11) is 1.62. The molecule has 0 saturated carbocycles. The highest BCUT2D eigenvalue weighted by Gasteiger charge is 2.13. The molecule has 1 heterocycles. The number of nitrogens with one attached hydrogen (secondary N) is 2. The van der Waals surface area contributed by atoms with Gasteiger partial charge in [-0.3, -0.25) is 5.43 Å². The molecule has 2 aromatic rings. The number of hydrogen-bond donors (Lipinski definition) is 2. The van der Waals surface area contributed by atoms with Gasteiger partial charge in [-0.25, -0.2) is 0 Å². The fraction of sp³-hybridized carbons (Fsp3) is 0.263. The highest BCUT2D eigenvalue weighted by molar-refractivity contribution is 7.80. The number of nitrogens with zero attached hydrogens (tertiary/aromatic N) is 1. The number of ether oxygens (including phenoxy) is 3. The van der Waals surface area contributed by atoms with Gasteiger partial charge in [0.25, 0.3) is 0 Å². The van der Waals surface area contributed by atoms with E-state index in [-0.39, 0.29) is 0 Å². The summed E-state index contributed by atoms with van der Waals surface area (Å²) in [5.41, 5.74) is 5.79. The Balaban J connectivity index is 1.49. The lowest BCUT2D eigenvalue weighted by Gasteiger charge is -2.11. The van der Waals surface area contributed by atoms with Crippen molar-refractivity contribution in [3.8, 4) is 17.2 Å². The maximum atomic E-state index is 5.40. The zero-order valence-electron chi connectivity index (χ0n) is 14.7. The number of anilines is 1. The van der Waals surface area contributed by atoms with Crippen LogP contribution in [-0.4, -0.2) is 24.7 Å². The van der Waals surface area contributed by atoms with Crippen LogP contribution in [0.15, 0.2) is 47.6 Å². The SMILES string of the molecule is COc1ccccc1NC(=S)N/N=C(\C)CCc1ccc2c(c1)OCO2. The largest absolute Gasteiger partial charge is 0.495 e. The molecule has 1 aliphatic rings. The highest BCUT2D eigenvalue weighted by atomic mass is 32.1. The minimum atomic E-state index is 0.292. The van der Waals surface area contributed by atoms with E-state index in [4.69, 9.17) is 26.4 Å². The van der Waals surface area contributed by atoms with E-state index in [1.165, 1.54) is 5.56 Å². The Morgan fingerprint density at radius 3 is 2.85 bits per heavy atom. The maximum Gasteiger partial charge on any atom is 0.231 e. The molecule has 2 aromatic carbocycles. The number of methoxy groups -OCH3 is 1. The Labute approximate surface area is 158 Å². The van der Waals surface area contributed by atoms with Crippen molar-refractivity contribution in [3.63, 3.8) is 0 Å². The Hall–Kier alpha value is -2.80. The monoisotopic (exact) mass is 371 g/mol. The van der Waals surface area contributed by atoms with Crippen molar-refractivity contribution in [1.29, 1.82) is 0 Å². The van der Waals surface area contributed by atoms with Crippen LogP contribution in [0.2, 0.25) is 0 Å². The first kappa shape index (κ1) is 18.0. The van der Waals surface area contributed by atoms with Crippen LogP contribution in [0.25, 0.3) is 0 Å². The van der Waals surface area contributed by atoms with Crippen LogP contribution in [0.1, 0.15) is 18.9 Å². The van der Waals surface area contributed by atoms with Gasteiger partial charge < -0.3 is 19.5 Å². The molecule has 6 nitrogen and oxygen atoms in total. The van der Waals surface area contributed by atoms with Crippen LogP contribution in [-0.2, 0) is 6.42 Å². The van der Waals surface area contributed by atoms with Crippen LogP contribution in [0.5, 0.6) is 17.2 Å². The number of rotatable bonds is 6. The fourth-order valence-electron chi connectivity index (χ4n) is 2.52. The third-order valence-electron chi connectivity index (χ3n) is 3.92. The fourth-order valence-corrected chi connectivity index (χ4v) is 2.68. The van der Waals surface area contributed by atoms with Gasteiger partial charge >= 0.3 is 0 Å². The Bertz CT molecular complexity index is 823. The summed E-state index contributed by atoms with van der Waals surface area (Å²) < 4.78 is 16.0. The number of hydrazone groups is 1. The average Bonchev–Trinajstić information content (AvgIpc) is 3.13. The summed E-state index contributed by atoms with van der Waals surface area (Å²) in [4.78, 5) is 0. The Morgan fingerprint density at radius 1 is 1.19 bits per heavy atom. The van der Waals surface area contributed by atoms with Crippen molar-refractivity contribution in [2.75, 3.05) is 19.2 Å². The molecule has 0 amide bonds. The molecule has 3 rings (SSSR count). The topological polar surface area (TPSA) is 64.1 Å². The van der Waals surface area contributed by atoms with Gasteiger partial charge in [0.15, 0.2) is 16.6 Å². The quantitative estimate of drug-likeness (QED) is 0.458. The van der Waals surface area contributed by atoms with Crippen molar-refractivity contribution in [2.45, 2.75) is 19.8 Å². The van der Waals surface area contributed by atoms with Crippen LogP contribution < -0.4 is 25.0 Å². The molecule has 0 radical (unpaired) electrons. The van der Waals surface area contributed by atoms with E-state index in [1.807, 2.05) is 49.4 Å². The van der Waals surface area contributed by atoms with E-state index in [0.29, 0.717) is 11.9 Å². The summed E-state index contributed by atoms with van der Waals surface area (Å²) in [6.07, 6.45) is 1.67. The van der Waals surface area contributed by atoms with Crippen molar-refractivity contribution >= 4 is 28.7 Å². The second-order valence-corrected chi connectivity index (χ2v) is 6.21. The Kier molecular flexibility index (Phi) is 5.91. The van der Waals surface area contributed by atoms with Gasteiger partial charge in [-0.1, -0.05) is 18.2 Å². The predicted molar refractivity (Wildman–Crippen MR) is 106 cm³/mol. The van der Waals surface area contributed by atoms with Crippen LogP contribution in [0.4, 0.5) is 5.69 Å². The molecule has 0 atom stereocenters. The van der Waals surface area contributed by atoms with Gasteiger partial charge in [-0.05, 0) is 61.8 Å². The molecule has 0 bridgehead atoms. The Morgan fingerprint density at radius 2 is 2.00 bits per heavy atom. The summed E-state index contributed by atoms with van der Waals surface area (Å²) in [5, 5.41) is 7.82. The molecule has 136 valence electrons. The van der Waals surface area contributed by atoms with Crippen molar-refractivity contribution in [1.82, 2.24) is 5.43 Å². The number of aryl methyl sites for hydroxylation is 1. The lowest BCUT2D eigenvalue weighted by molar-refractivity contribution is 0.174. The van der Waals surface area contributed by atoms with E-state index in [2.05, 4.69) is 15.8 Å². The van der Waals surface area contributed by atoms with E-state index in [9.17, 15) is 0 Å². The third-order valence-corrected chi connectivity index (χ3v) is 4.11. The second kappa shape index (κ2) is 8.53. The van der Waals surface area contributed by atoms with E-state index in [1.54, 1.807) is 7.11 Å². The van der Waals surface area contributed by atoms with E-state index >= 15 is 0 Å². The minimum Gasteiger partial charge on any atom is -0.495 e. The van der Waals surface area contributed by atoms with Gasteiger partial charge in [0, 0.05) is 5.71 Å². The van der Waals surface area contributed by atoms with Crippen molar-refractivity contribution < 1.29 is 14.2 Å². The van der Waals surface area contributed by atoms with Crippen molar-refractivity contribution in [3.05, 3.63) is 48.0 Å². The first-order valence-corrected chi connectivity index (χ1v) is 8.68. The summed E-state index contributed by atoms with van der Waals surface area (Å²) in [6, 6.07) is 13.6. The van der Waals surface area contributed by atoms with E-state index < -0.39 is 0 Å². The molecular weight excluding hydrogens is 350 g/mol. The highest BCUT2D eigenvalue weighted by Crippen LogP contribution is 2.32. The molecule has 0 unspecified atom stereocenters. The zero-order chi connectivity index (χ0) is 18.4. The maximum absolute atomic E-state index is 5.40. The number of benzene rings is 2. The van der Waals surface area contributed by atoms with Crippen molar-refractivity contribution in [2.24, 2.45) is 5.10 Å².